The maximum atomic E-state index is 6.59. The van der Waals surface area contributed by atoms with Crippen LogP contribution in [0.5, 0.6) is 23.0 Å². The quantitative estimate of drug-likeness (QED) is 0.337. The second kappa shape index (κ2) is 7.36. The molecule has 0 bridgehead atoms. The summed E-state index contributed by atoms with van der Waals surface area (Å²) >= 11 is 0. The van der Waals surface area contributed by atoms with Gasteiger partial charge < -0.3 is 9.47 Å². The zero-order valence-electron chi connectivity index (χ0n) is 18.7. The summed E-state index contributed by atoms with van der Waals surface area (Å²) in [5, 5.41) is 0. The normalized spacial score (nSPS) is 12.7. The molecule has 34 heavy (non-hydrogen) atoms. The molecule has 2 aliphatic rings. The van der Waals surface area contributed by atoms with Gasteiger partial charge in [0.05, 0.1) is 5.69 Å². The summed E-state index contributed by atoms with van der Waals surface area (Å²) in [7, 11) is 0. The Balaban J connectivity index is 1.44. The van der Waals surface area contributed by atoms with Gasteiger partial charge in [0, 0.05) is 22.3 Å². The molecule has 0 spiro atoms. The van der Waals surface area contributed by atoms with Crippen LogP contribution in [0.4, 0.5) is 0 Å². The topological polar surface area (TPSA) is 31.4 Å². The maximum absolute atomic E-state index is 6.59. The molecule has 0 saturated carbocycles. The van der Waals surface area contributed by atoms with Crippen LogP contribution < -0.4 is 25.9 Å². The molecular formula is C30H20BNO2. The van der Waals surface area contributed by atoms with Crippen molar-refractivity contribution < 1.29 is 9.47 Å². The summed E-state index contributed by atoms with van der Waals surface area (Å²) in [4.78, 5) is 4.72. The molecule has 0 amide bonds. The number of ether oxygens (including phenoxy) is 2. The van der Waals surface area contributed by atoms with Gasteiger partial charge in [-0.2, -0.15) is 0 Å². The molecule has 160 valence electrons. The Morgan fingerprint density at radius 2 is 1.32 bits per heavy atom. The largest absolute Gasteiger partial charge is 0.458 e. The third-order valence-electron chi connectivity index (χ3n) is 6.69. The van der Waals surface area contributed by atoms with Gasteiger partial charge in [-0.25, -0.2) is 0 Å². The van der Waals surface area contributed by atoms with Crippen molar-refractivity contribution in [1.29, 1.82) is 0 Å². The highest BCUT2D eigenvalue weighted by Gasteiger charge is 2.40. The van der Waals surface area contributed by atoms with Gasteiger partial charge >= 0.3 is 0 Å². The molecule has 0 aliphatic carbocycles. The second-order valence-corrected chi connectivity index (χ2v) is 8.81. The fourth-order valence-electron chi connectivity index (χ4n) is 5.16. The fourth-order valence-corrected chi connectivity index (χ4v) is 5.16. The number of rotatable bonds is 2. The van der Waals surface area contributed by atoms with E-state index in [0.717, 1.165) is 56.5 Å². The lowest BCUT2D eigenvalue weighted by molar-refractivity contribution is 0.465. The number of para-hydroxylation sites is 2. The predicted molar refractivity (Wildman–Crippen MR) is 138 cm³/mol. The first-order chi connectivity index (χ1) is 16.8. The molecule has 0 fully saturated rings. The molecular weight excluding hydrogens is 417 g/mol. The van der Waals surface area contributed by atoms with Crippen molar-refractivity contribution in [3.8, 4) is 45.4 Å². The number of fused-ring (bicyclic) bond motifs is 4. The molecule has 1 aromatic heterocycles. The van der Waals surface area contributed by atoms with Crippen LogP contribution in [0.2, 0.25) is 0 Å². The first-order valence-corrected chi connectivity index (χ1v) is 11.5. The van der Waals surface area contributed by atoms with Gasteiger partial charge in [0.1, 0.15) is 23.0 Å². The smallest absolute Gasteiger partial charge is 0.260 e. The molecule has 0 unspecified atom stereocenters. The number of benzene rings is 4. The zero-order chi connectivity index (χ0) is 22.6. The highest BCUT2D eigenvalue weighted by atomic mass is 16.5. The lowest BCUT2D eigenvalue weighted by atomic mass is 9.34. The Labute approximate surface area is 198 Å². The Bertz CT molecular complexity index is 1580. The van der Waals surface area contributed by atoms with Crippen LogP contribution in [-0.4, -0.2) is 11.7 Å². The van der Waals surface area contributed by atoms with Crippen LogP contribution in [0.25, 0.3) is 22.4 Å². The van der Waals surface area contributed by atoms with Gasteiger partial charge in [0.25, 0.3) is 6.71 Å². The molecule has 7 rings (SSSR count). The summed E-state index contributed by atoms with van der Waals surface area (Å²) < 4.78 is 12.9. The summed E-state index contributed by atoms with van der Waals surface area (Å²) in [6.45, 7) is 2.09. The minimum atomic E-state index is 0.0708. The molecule has 0 N–H and O–H groups in total. The number of pyridine rings is 1. The van der Waals surface area contributed by atoms with Crippen LogP contribution in [0.15, 0.2) is 103 Å². The van der Waals surface area contributed by atoms with Gasteiger partial charge in [-0.15, -0.1) is 0 Å². The van der Waals surface area contributed by atoms with E-state index in [-0.39, 0.29) is 6.71 Å². The number of hydrogen-bond acceptors (Lipinski definition) is 3. The second-order valence-electron chi connectivity index (χ2n) is 8.81. The van der Waals surface area contributed by atoms with Crippen molar-refractivity contribution in [2.24, 2.45) is 0 Å². The van der Waals surface area contributed by atoms with Gasteiger partial charge in [-0.3, -0.25) is 4.98 Å². The first kappa shape index (κ1) is 19.2. The minimum absolute atomic E-state index is 0.0708. The van der Waals surface area contributed by atoms with E-state index in [1.54, 1.807) is 0 Å². The van der Waals surface area contributed by atoms with Crippen molar-refractivity contribution in [1.82, 2.24) is 4.98 Å². The fraction of sp³-hybridized carbons (Fsp3) is 0.0333. The van der Waals surface area contributed by atoms with Gasteiger partial charge in [0.2, 0.25) is 0 Å². The number of hydrogen-bond donors (Lipinski definition) is 0. The lowest BCUT2D eigenvalue weighted by Gasteiger charge is -2.34. The van der Waals surface area contributed by atoms with Gasteiger partial charge in [-0.05, 0) is 65.9 Å². The van der Waals surface area contributed by atoms with Crippen LogP contribution in [0.3, 0.4) is 0 Å². The Hall–Kier alpha value is -4.31. The molecule has 4 aromatic carbocycles. The van der Waals surface area contributed by atoms with E-state index in [1.165, 1.54) is 10.9 Å². The van der Waals surface area contributed by atoms with E-state index in [2.05, 4.69) is 72.8 Å². The van der Waals surface area contributed by atoms with E-state index in [9.17, 15) is 0 Å². The number of aromatic nitrogens is 1. The molecule has 5 aromatic rings. The summed E-state index contributed by atoms with van der Waals surface area (Å²) in [6.07, 6.45) is 0. The molecule has 3 nitrogen and oxygen atoms in total. The third kappa shape index (κ3) is 2.89. The van der Waals surface area contributed by atoms with E-state index in [1.807, 2.05) is 37.3 Å². The monoisotopic (exact) mass is 437 g/mol. The maximum Gasteiger partial charge on any atom is 0.260 e. The van der Waals surface area contributed by atoms with Crippen molar-refractivity contribution >= 4 is 23.1 Å². The predicted octanol–water partition coefficient (Wildman–Crippen LogP) is 5.45. The third-order valence-corrected chi connectivity index (χ3v) is 6.69. The van der Waals surface area contributed by atoms with Crippen molar-refractivity contribution in [3.63, 3.8) is 0 Å². The van der Waals surface area contributed by atoms with E-state index >= 15 is 0 Å². The van der Waals surface area contributed by atoms with Crippen molar-refractivity contribution in [3.05, 3.63) is 109 Å². The minimum Gasteiger partial charge on any atom is -0.458 e. The first-order valence-electron chi connectivity index (χ1n) is 11.5. The Morgan fingerprint density at radius 1 is 0.618 bits per heavy atom. The highest BCUT2D eigenvalue weighted by molar-refractivity contribution is 6.98. The number of aryl methyl sites for hydroxylation is 1. The van der Waals surface area contributed by atoms with Gasteiger partial charge in [-0.1, -0.05) is 60.7 Å². The Morgan fingerprint density at radius 3 is 2.12 bits per heavy atom. The number of nitrogens with zero attached hydrogens (tertiary/aromatic N) is 1. The average molecular weight is 437 g/mol. The molecule has 0 atom stereocenters. The van der Waals surface area contributed by atoms with Crippen LogP contribution in [0.1, 0.15) is 5.69 Å². The van der Waals surface area contributed by atoms with E-state index in [0.29, 0.717) is 0 Å². The van der Waals surface area contributed by atoms with Crippen LogP contribution in [-0.2, 0) is 0 Å². The molecule has 2 aliphatic heterocycles. The molecule has 0 saturated heterocycles. The Kier molecular flexibility index (Phi) is 4.15. The van der Waals surface area contributed by atoms with Crippen LogP contribution in [0, 0.1) is 6.92 Å². The van der Waals surface area contributed by atoms with Crippen LogP contribution >= 0.6 is 0 Å². The van der Waals surface area contributed by atoms with Crippen molar-refractivity contribution in [2.75, 3.05) is 0 Å². The SMILES string of the molecule is Cc1cccc(-c2cccc(-c3ccc4c5c3Oc3ccccc3B5c3ccccc3O4)c2)n1. The summed E-state index contributed by atoms with van der Waals surface area (Å²) in [5.41, 5.74) is 8.63. The molecule has 3 heterocycles. The van der Waals surface area contributed by atoms with Gasteiger partial charge in [0.15, 0.2) is 0 Å². The van der Waals surface area contributed by atoms with Crippen molar-refractivity contribution in [2.45, 2.75) is 6.92 Å². The molecule has 0 radical (unpaired) electrons. The lowest BCUT2D eigenvalue weighted by Crippen LogP contribution is -2.57. The van der Waals surface area contributed by atoms with E-state index in [4.69, 9.17) is 14.5 Å². The zero-order valence-corrected chi connectivity index (χ0v) is 18.7. The van der Waals surface area contributed by atoms with E-state index < -0.39 is 0 Å². The highest BCUT2D eigenvalue weighted by Crippen LogP contribution is 2.41. The standard InChI is InChI=1S/C30H20BNO2/c1-19-8-6-13-25(32-19)21-10-7-9-20(18-21)22-16-17-28-29-30(22)34-27-15-5-3-12-24(27)31(29)23-11-2-4-14-26(23)33-28/h2-18H,1H3. The molecule has 4 heteroatoms. The average Bonchev–Trinajstić information content (AvgIpc) is 2.88. The summed E-state index contributed by atoms with van der Waals surface area (Å²) in [5.74, 6) is 3.52. The summed E-state index contributed by atoms with van der Waals surface area (Å²) in [6, 6.07) is 35.4.